The molecule has 0 unspecified atom stereocenters. The van der Waals surface area contributed by atoms with Gasteiger partial charge in [0.25, 0.3) is 5.91 Å². The number of carbonyl (C=O) groups excluding carboxylic acids is 2. The van der Waals surface area contributed by atoms with E-state index in [0.29, 0.717) is 44.7 Å². The van der Waals surface area contributed by atoms with Crippen LogP contribution in [-0.4, -0.2) is 48.6 Å². The molecule has 3 rings (SSSR count). The molecule has 0 bridgehead atoms. The number of anilines is 1. The van der Waals surface area contributed by atoms with Crippen molar-refractivity contribution in [3.05, 3.63) is 88.2 Å². The van der Waals surface area contributed by atoms with E-state index in [1.807, 2.05) is 0 Å². The Kier molecular flexibility index (Phi) is 7.22. The average molecular weight is 451 g/mol. The minimum atomic E-state index is -0.392. The molecule has 0 saturated heterocycles. The Balaban J connectivity index is 1.85. The van der Waals surface area contributed by atoms with Crippen LogP contribution in [-0.2, 0) is 6.42 Å². The van der Waals surface area contributed by atoms with Crippen LogP contribution in [0.3, 0.4) is 0 Å². The van der Waals surface area contributed by atoms with Crippen LogP contribution in [0.4, 0.5) is 5.69 Å². The summed E-state index contributed by atoms with van der Waals surface area (Å²) >= 11 is 5.86. The van der Waals surface area contributed by atoms with Gasteiger partial charge in [-0.15, -0.1) is 0 Å². The van der Waals surface area contributed by atoms with Crippen molar-refractivity contribution in [2.24, 2.45) is 0 Å². The van der Waals surface area contributed by atoms with Crippen LogP contribution in [0.15, 0.2) is 60.8 Å². The van der Waals surface area contributed by atoms with Gasteiger partial charge in [-0.25, -0.2) is 0 Å². The number of amides is 1. The fourth-order valence-electron chi connectivity index (χ4n) is 3.06. The zero-order valence-electron chi connectivity index (χ0n) is 18.0. The number of Topliss-reactive ketones (excluding diaryl/α,β-unsaturated/α-hetero) is 1. The van der Waals surface area contributed by atoms with Gasteiger partial charge in [0.05, 0.1) is 24.2 Å². The standard InChI is InChI=1S/C24H23ClN4O3/c1-29(2)23(26)15-7-9-16(10-8-15)24(31)28-22-19(5-4-6-21(22)32-3)20(30)13-18-12-11-17(25)14-27-18/h4-12,14,26H,13H2,1-3H3,(H,28,31). The van der Waals surface area contributed by atoms with Crippen LogP contribution < -0.4 is 10.1 Å². The Hall–Kier alpha value is -3.71. The lowest BCUT2D eigenvalue weighted by atomic mass is 10.0. The summed E-state index contributed by atoms with van der Waals surface area (Å²) in [6, 6.07) is 15.0. The number of rotatable bonds is 7. The van der Waals surface area contributed by atoms with E-state index in [9.17, 15) is 9.59 Å². The number of para-hydroxylation sites is 1. The van der Waals surface area contributed by atoms with Crippen molar-refractivity contribution in [3.8, 4) is 5.75 Å². The Labute approximate surface area is 191 Å². The fraction of sp³-hybridized carbons (Fsp3) is 0.167. The SMILES string of the molecule is COc1cccc(C(=O)Cc2ccc(Cl)cn2)c1NC(=O)c1ccc(C(=N)N(C)C)cc1. The van der Waals surface area contributed by atoms with Gasteiger partial charge in [0.1, 0.15) is 11.6 Å². The summed E-state index contributed by atoms with van der Waals surface area (Å²) in [5.74, 6) is 0.101. The molecule has 0 radical (unpaired) electrons. The highest BCUT2D eigenvalue weighted by Gasteiger charge is 2.19. The number of hydrogen-bond acceptors (Lipinski definition) is 5. The molecule has 0 saturated carbocycles. The van der Waals surface area contributed by atoms with E-state index < -0.39 is 5.91 Å². The quantitative estimate of drug-likeness (QED) is 0.318. The number of ether oxygens (including phenoxy) is 1. The van der Waals surface area contributed by atoms with Gasteiger partial charge in [0.2, 0.25) is 0 Å². The van der Waals surface area contributed by atoms with Gasteiger partial charge < -0.3 is 15.0 Å². The lowest BCUT2D eigenvalue weighted by Gasteiger charge is -2.15. The second-order valence-electron chi connectivity index (χ2n) is 7.23. The zero-order valence-corrected chi connectivity index (χ0v) is 18.7. The molecule has 32 heavy (non-hydrogen) atoms. The van der Waals surface area contributed by atoms with E-state index in [1.165, 1.54) is 13.3 Å². The minimum Gasteiger partial charge on any atom is -0.495 e. The van der Waals surface area contributed by atoms with Crippen molar-refractivity contribution in [1.82, 2.24) is 9.88 Å². The summed E-state index contributed by atoms with van der Waals surface area (Å²) in [6.45, 7) is 0. The molecule has 2 N–H and O–H groups in total. The van der Waals surface area contributed by atoms with Crippen molar-refractivity contribution >= 4 is 34.8 Å². The molecule has 8 heteroatoms. The molecule has 0 fully saturated rings. The third-order valence-electron chi connectivity index (χ3n) is 4.78. The third kappa shape index (κ3) is 5.31. The van der Waals surface area contributed by atoms with E-state index in [4.69, 9.17) is 21.7 Å². The first-order valence-corrected chi connectivity index (χ1v) is 10.2. The number of carbonyl (C=O) groups is 2. The van der Waals surface area contributed by atoms with Crippen molar-refractivity contribution in [2.45, 2.75) is 6.42 Å². The summed E-state index contributed by atoms with van der Waals surface area (Å²) in [6.07, 6.45) is 1.53. The number of hydrogen-bond donors (Lipinski definition) is 2. The number of pyridine rings is 1. The maximum Gasteiger partial charge on any atom is 0.255 e. The topological polar surface area (TPSA) is 95.4 Å². The van der Waals surface area contributed by atoms with Gasteiger partial charge in [-0.1, -0.05) is 29.8 Å². The first-order valence-electron chi connectivity index (χ1n) is 9.78. The third-order valence-corrected chi connectivity index (χ3v) is 5.01. The lowest BCUT2D eigenvalue weighted by Crippen LogP contribution is -2.22. The van der Waals surface area contributed by atoms with Crippen LogP contribution in [0.5, 0.6) is 5.75 Å². The highest BCUT2D eigenvalue weighted by Crippen LogP contribution is 2.30. The van der Waals surface area contributed by atoms with Crippen molar-refractivity contribution in [3.63, 3.8) is 0 Å². The van der Waals surface area contributed by atoms with E-state index >= 15 is 0 Å². The Morgan fingerprint density at radius 3 is 2.34 bits per heavy atom. The minimum absolute atomic E-state index is 0.0501. The summed E-state index contributed by atoms with van der Waals surface area (Å²) in [5, 5.41) is 11.3. The van der Waals surface area contributed by atoms with Gasteiger partial charge >= 0.3 is 0 Å². The largest absolute Gasteiger partial charge is 0.495 e. The molecule has 1 aromatic heterocycles. The number of halogens is 1. The molecule has 0 spiro atoms. The van der Waals surface area contributed by atoms with Crippen LogP contribution in [0.1, 0.15) is 32.0 Å². The Morgan fingerprint density at radius 2 is 1.75 bits per heavy atom. The molecule has 7 nitrogen and oxygen atoms in total. The predicted octanol–water partition coefficient (Wildman–Crippen LogP) is 4.31. The van der Waals surface area contributed by atoms with Crippen LogP contribution in [0.2, 0.25) is 5.02 Å². The molecule has 2 aromatic carbocycles. The molecular formula is C24H23ClN4O3. The van der Waals surface area contributed by atoms with Gasteiger partial charge in [0.15, 0.2) is 5.78 Å². The monoisotopic (exact) mass is 450 g/mol. The second kappa shape index (κ2) is 10.1. The fourth-order valence-corrected chi connectivity index (χ4v) is 3.17. The normalized spacial score (nSPS) is 10.4. The maximum absolute atomic E-state index is 13.0. The van der Waals surface area contributed by atoms with Crippen molar-refractivity contribution in [1.29, 1.82) is 5.41 Å². The summed E-state index contributed by atoms with van der Waals surface area (Å²) < 4.78 is 5.38. The van der Waals surface area contributed by atoms with E-state index in [-0.39, 0.29) is 12.2 Å². The van der Waals surface area contributed by atoms with Crippen LogP contribution in [0.25, 0.3) is 0 Å². The first kappa shape index (κ1) is 23.0. The molecular weight excluding hydrogens is 428 g/mol. The predicted molar refractivity (Wildman–Crippen MR) is 125 cm³/mol. The summed E-state index contributed by atoms with van der Waals surface area (Å²) in [7, 11) is 5.03. The number of methoxy groups -OCH3 is 1. The Morgan fingerprint density at radius 1 is 1.06 bits per heavy atom. The van der Waals surface area contributed by atoms with E-state index in [1.54, 1.807) is 73.6 Å². The highest BCUT2D eigenvalue weighted by atomic mass is 35.5. The van der Waals surface area contributed by atoms with Gasteiger partial charge in [-0.2, -0.15) is 0 Å². The number of benzene rings is 2. The lowest BCUT2D eigenvalue weighted by molar-refractivity contribution is 0.0992. The van der Waals surface area contributed by atoms with Gasteiger partial charge in [-0.05, 0) is 36.4 Å². The summed E-state index contributed by atoms with van der Waals surface area (Å²) in [5.41, 5.74) is 2.27. The first-order chi connectivity index (χ1) is 15.3. The molecule has 3 aromatic rings. The van der Waals surface area contributed by atoms with Crippen molar-refractivity contribution < 1.29 is 14.3 Å². The summed E-state index contributed by atoms with van der Waals surface area (Å²) in [4.78, 5) is 31.7. The second-order valence-corrected chi connectivity index (χ2v) is 7.66. The highest BCUT2D eigenvalue weighted by molar-refractivity contribution is 6.30. The number of nitrogens with one attached hydrogen (secondary N) is 2. The molecule has 0 atom stereocenters. The maximum atomic E-state index is 13.0. The molecule has 1 amide bonds. The molecule has 0 aliphatic carbocycles. The number of aromatic nitrogens is 1. The smallest absolute Gasteiger partial charge is 0.255 e. The van der Waals surface area contributed by atoms with Gasteiger partial charge in [-0.3, -0.25) is 20.0 Å². The van der Waals surface area contributed by atoms with Crippen molar-refractivity contribution in [2.75, 3.05) is 26.5 Å². The van der Waals surface area contributed by atoms with Gasteiger partial charge in [0, 0.05) is 42.7 Å². The van der Waals surface area contributed by atoms with Crippen LogP contribution in [0, 0.1) is 5.41 Å². The molecule has 0 aliphatic heterocycles. The average Bonchev–Trinajstić information content (AvgIpc) is 2.80. The number of amidine groups is 1. The zero-order chi connectivity index (χ0) is 23.3. The molecule has 164 valence electrons. The Bertz CT molecular complexity index is 1140. The number of nitrogens with zero attached hydrogens (tertiary/aromatic N) is 2. The molecule has 0 aliphatic rings. The van der Waals surface area contributed by atoms with E-state index in [0.717, 1.165) is 0 Å². The van der Waals surface area contributed by atoms with E-state index in [2.05, 4.69) is 10.3 Å². The number of ketones is 1. The molecule has 1 heterocycles. The van der Waals surface area contributed by atoms with Crippen LogP contribution >= 0.6 is 11.6 Å².